The largest absolute Gasteiger partial charge is 0.490 e. The molecule has 9 nitrogen and oxygen atoms in total. The van der Waals surface area contributed by atoms with Crippen LogP contribution >= 0.6 is 0 Å². The molecule has 3 aromatic rings. The number of nitrogens with zero attached hydrogens (tertiary/aromatic N) is 3. The Kier molecular flexibility index (Phi) is 9.77. The number of pyridine rings is 1. The molecule has 9 heteroatoms. The Morgan fingerprint density at radius 2 is 1.78 bits per heavy atom. The lowest BCUT2D eigenvalue weighted by Gasteiger charge is -2.18. The zero-order chi connectivity index (χ0) is 27.1. The Balaban J connectivity index is 1.86. The van der Waals surface area contributed by atoms with Gasteiger partial charge in [-0.3, -0.25) is 9.78 Å². The average molecular weight is 511 g/mol. The van der Waals surface area contributed by atoms with E-state index in [9.17, 15) is 15.0 Å². The van der Waals surface area contributed by atoms with E-state index in [0.29, 0.717) is 23.4 Å². The average Bonchev–Trinajstić information content (AvgIpc) is 3.34. The van der Waals surface area contributed by atoms with Gasteiger partial charge in [-0.1, -0.05) is 32.3 Å². The quantitative estimate of drug-likeness (QED) is 0.309. The molecule has 0 radical (unpaired) electrons. The second kappa shape index (κ2) is 12.8. The number of carbonyl (C=O) groups is 1. The molecule has 2 heterocycles. The van der Waals surface area contributed by atoms with Gasteiger partial charge >= 0.3 is 0 Å². The Morgan fingerprint density at radius 3 is 2.43 bits per heavy atom. The van der Waals surface area contributed by atoms with Crippen molar-refractivity contribution in [2.24, 2.45) is 5.73 Å². The number of amides is 1. The van der Waals surface area contributed by atoms with Crippen molar-refractivity contribution in [1.82, 2.24) is 15.1 Å². The first-order valence-electron chi connectivity index (χ1n) is 12.9. The molecule has 0 aliphatic rings. The van der Waals surface area contributed by atoms with Gasteiger partial charge in [-0.2, -0.15) is 4.98 Å². The van der Waals surface area contributed by atoms with Gasteiger partial charge in [0.1, 0.15) is 18.5 Å². The van der Waals surface area contributed by atoms with Gasteiger partial charge in [0.2, 0.25) is 11.7 Å². The summed E-state index contributed by atoms with van der Waals surface area (Å²) in [6, 6.07) is 7.88. The fourth-order valence-corrected chi connectivity index (χ4v) is 4.45. The minimum Gasteiger partial charge on any atom is -0.490 e. The van der Waals surface area contributed by atoms with Crippen molar-refractivity contribution in [2.45, 2.75) is 84.8 Å². The smallest absolute Gasteiger partial charge is 0.258 e. The summed E-state index contributed by atoms with van der Waals surface area (Å²) < 4.78 is 11.6. The first-order valence-corrected chi connectivity index (χ1v) is 12.9. The molecule has 37 heavy (non-hydrogen) atoms. The van der Waals surface area contributed by atoms with Crippen molar-refractivity contribution in [2.75, 3.05) is 6.61 Å². The fourth-order valence-electron chi connectivity index (χ4n) is 4.45. The van der Waals surface area contributed by atoms with Crippen LogP contribution in [0.5, 0.6) is 5.75 Å². The van der Waals surface area contributed by atoms with Gasteiger partial charge in [0.05, 0.1) is 6.10 Å². The third kappa shape index (κ3) is 7.14. The Labute approximate surface area is 218 Å². The number of aryl methyl sites for hydroxylation is 3. The van der Waals surface area contributed by atoms with Crippen LogP contribution in [0.15, 0.2) is 28.8 Å². The summed E-state index contributed by atoms with van der Waals surface area (Å²) in [5.41, 5.74) is 10.5. The van der Waals surface area contributed by atoms with E-state index in [-0.39, 0.29) is 13.0 Å². The minimum absolute atomic E-state index is 0.0756. The molecule has 0 spiro atoms. The number of aliphatic hydroxyl groups is 2. The van der Waals surface area contributed by atoms with Gasteiger partial charge in [0, 0.05) is 34.9 Å². The number of hydrogen-bond acceptors (Lipinski definition) is 8. The summed E-state index contributed by atoms with van der Waals surface area (Å²) in [4.78, 5) is 20.5. The number of aliphatic hydroxyl groups excluding tert-OH is 2. The molecule has 1 unspecified atom stereocenters. The Bertz CT molecular complexity index is 1210. The summed E-state index contributed by atoms with van der Waals surface area (Å²) in [6.07, 6.45) is 1.01. The lowest BCUT2D eigenvalue weighted by molar-refractivity contribution is -0.127. The summed E-state index contributed by atoms with van der Waals surface area (Å²) in [5, 5.41) is 24.0. The van der Waals surface area contributed by atoms with Gasteiger partial charge in [-0.25, -0.2) is 0 Å². The Hall–Kier alpha value is -3.30. The maximum Gasteiger partial charge on any atom is 0.258 e. The molecule has 0 aliphatic carbocycles. The van der Waals surface area contributed by atoms with Crippen molar-refractivity contribution in [3.05, 3.63) is 46.8 Å². The lowest BCUT2D eigenvalue weighted by atomic mass is 9.97. The highest BCUT2D eigenvalue weighted by Crippen LogP contribution is 2.33. The monoisotopic (exact) mass is 510 g/mol. The maximum atomic E-state index is 11.1. The molecule has 1 aromatic carbocycles. The molecule has 2 atom stereocenters. The van der Waals surface area contributed by atoms with E-state index in [4.69, 9.17) is 20.0 Å². The van der Waals surface area contributed by atoms with Crippen LogP contribution in [0.1, 0.15) is 74.9 Å². The standard InChI is InChI=1S/C28H38N4O5/c1-6-9-19-12-20(10-16(4)25(19)36-15-22(33)14-24(34)26(29)35)27-31-28(37-32-27)21-11-17(5)30-23(13-21)18(7-2)8-3/h10-13,18,22,24,33-34H,6-9,14-15H2,1-5H3,(H2,29,35)/t22-,24?/m0/s1. The topological polar surface area (TPSA) is 145 Å². The predicted molar refractivity (Wildman–Crippen MR) is 141 cm³/mol. The number of nitrogens with two attached hydrogens (primary N) is 1. The van der Waals surface area contributed by atoms with Crippen LogP contribution in [0, 0.1) is 13.8 Å². The van der Waals surface area contributed by atoms with E-state index in [1.807, 2.05) is 38.1 Å². The van der Waals surface area contributed by atoms with Crippen LogP contribution in [0.2, 0.25) is 0 Å². The van der Waals surface area contributed by atoms with Crippen molar-refractivity contribution in [3.63, 3.8) is 0 Å². The third-order valence-corrected chi connectivity index (χ3v) is 6.42. The van der Waals surface area contributed by atoms with Crippen molar-refractivity contribution in [3.8, 4) is 28.6 Å². The molecule has 0 saturated heterocycles. The molecular formula is C28H38N4O5. The lowest BCUT2D eigenvalue weighted by Crippen LogP contribution is -2.33. The molecule has 0 bridgehead atoms. The highest BCUT2D eigenvalue weighted by atomic mass is 16.5. The van der Waals surface area contributed by atoms with E-state index in [2.05, 4.69) is 30.9 Å². The Morgan fingerprint density at radius 1 is 1.05 bits per heavy atom. The zero-order valence-electron chi connectivity index (χ0n) is 22.3. The predicted octanol–water partition coefficient (Wildman–Crippen LogP) is 4.25. The van der Waals surface area contributed by atoms with Crippen molar-refractivity contribution >= 4 is 5.91 Å². The highest BCUT2D eigenvalue weighted by Gasteiger charge is 2.20. The fraction of sp³-hybridized carbons (Fsp3) is 0.500. The molecule has 1 amide bonds. The number of benzene rings is 1. The van der Waals surface area contributed by atoms with Gasteiger partial charge in [-0.05, 0) is 68.5 Å². The van der Waals surface area contributed by atoms with E-state index in [1.165, 1.54) is 0 Å². The van der Waals surface area contributed by atoms with Crippen LogP contribution in [-0.2, 0) is 11.2 Å². The summed E-state index contributed by atoms with van der Waals surface area (Å²) in [6.45, 7) is 10.2. The van der Waals surface area contributed by atoms with Crippen LogP contribution in [0.25, 0.3) is 22.8 Å². The van der Waals surface area contributed by atoms with Crippen LogP contribution in [0.4, 0.5) is 0 Å². The van der Waals surface area contributed by atoms with E-state index in [1.54, 1.807) is 0 Å². The number of carbonyl (C=O) groups excluding carboxylic acids is 1. The second-order valence-electron chi connectivity index (χ2n) is 9.51. The second-order valence-corrected chi connectivity index (χ2v) is 9.51. The molecule has 0 fully saturated rings. The van der Waals surface area contributed by atoms with Crippen molar-refractivity contribution < 1.29 is 24.3 Å². The van der Waals surface area contributed by atoms with E-state index < -0.39 is 18.1 Å². The zero-order valence-corrected chi connectivity index (χ0v) is 22.3. The van der Waals surface area contributed by atoms with Crippen LogP contribution in [0.3, 0.4) is 0 Å². The molecule has 0 aliphatic heterocycles. The normalized spacial score (nSPS) is 13.1. The molecule has 200 valence electrons. The first kappa shape index (κ1) is 28.3. The summed E-state index contributed by atoms with van der Waals surface area (Å²) in [5.74, 6) is 1.08. The van der Waals surface area contributed by atoms with E-state index in [0.717, 1.165) is 59.3 Å². The number of rotatable bonds is 13. The van der Waals surface area contributed by atoms with E-state index >= 15 is 0 Å². The van der Waals surface area contributed by atoms with Gasteiger partial charge < -0.3 is 25.2 Å². The van der Waals surface area contributed by atoms with Gasteiger partial charge in [0.15, 0.2) is 0 Å². The first-order chi connectivity index (χ1) is 17.7. The minimum atomic E-state index is -1.42. The SMILES string of the molecule is CCCc1cc(-c2noc(-c3cc(C)nc(C(CC)CC)c3)n2)cc(C)c1OC[C@@H](O)CC(O)C(N)=O. The molecule has 3 rings (SSSR count). The number of ether oxygens (including phenoxy) is 1. The van der Waals surface area contributed by atoms with Gasteiger partial charge in [-0.15, -0.1) is 0 Å². The summed E-state index contributed by atoms with van der Waals surface area (Å²) in [7, 11) is 0. The molecular weight excluding hydrogens is 472 g/mol. The molecule has 4 N–H and O–H groups in total. The van der Waals surface area contributed by atoms with Crippen LogP contribution < -0.4 is 10.5 Å². The highest BCUT2D eigenvalue weighted by molar-refractivity contribution is 5.78. The molecule has 0 saturated carbocycles. The summed E-state index contributed by atoms with van der Waals surface area (Å²) >= 11 is 0. The van der Waals surface area contributed by atoms with Crippen LogP contribution in [-0.4, -0.2) is 50.1 Å². The number of hydrogen-bond donors (Lipinski definition) is 3. The van der Waals surface area contributed by atoms with Gasteiger partial charge in [0.25, 0.3) is 5.89 Å². The molecule has 2 aromatic heterocycles. The van der Waals surface area contributed by atoms with Crippen molar-refractivity contribution in [1.29, 1.82) is 0 Å². The maximum absolute atomic E-state index is 11.1. The number of primary amides is 1. The number of aromatic nitrogens is 3. The third-order valence-electron chi connectivity index (χ3n) is 6.42.